The van der Waals surface area contributed by atoms with E-state index in [4.69, 9.17) is 0 Å². The molecule has 1 aliphatic rings. The Labute approximate surface area is 96.2 Å². The van der Waals surface area contributed by atoms with Gasteiger partial charge in [0, 0.05) is 6.54 Å². The summed E-state index contributed by atoms with van der Waals surface area (Å²) in [5, 5.41) is 5.72. The van der Waals surface area contributed by atoms with E-state index < -0.39 is 0 Å². The van der Waals surface area contributed by atoms with Crippen molar-refractivity contribution >= 4 is 6.03 Å². The van der Waals surface area contributed by atoms with Crippen molar-refractivity contribution in [3.8, 4) is 0 Å². The van der Waals surface area contributed by atoms with Gasteiger partial charge in [0.25, 0.3) is 0 Å². The van der Waals surface area contributed by atoms with Crippen molar-refractivity contribution in [2.24, 2.45) is 0 Å². The van der Waals surface area contributed by atoms with Gasteiger partial charge in [0.05, 0.1) is 6.04 Å². The first-order valence-corrected chi connectivity index (χ1v) is 5.72. The predicted octanol–water partition coefficient (Wildman–Crippen LogP) is 2.47. The molecule has 1 heterocycles. The molecule has 1 unspecified atom stereocenters. The number of carbonyl (C=O) groups excluding carboxylic acids is 1. The topological polar surface area (TPSA) is 41.1 Å². The molecule has 2 amide bonds. The van der Waals surface area contributed by atoms with E-state index in [0.29, 0.717) is 12.5 Å². The first-order chi connectivity index (χ1) is 7.58. The Bertz CT molecular complexity index is 412. The van der Waals surface area contributed by atoms with Crippen LogP contribution in [0.25, 0.3) is 0 Å². The Kier molecular flexibility index (Phi) is 2.86. The molecular weight excluding hydrogens is 200 g/mol. The van der Waals surface area contributed by atoms with Crippen LogP contribution in [0.2, 0.25) is 0 Å². The first kappa shape index (κ1) is 11.0. The molecule has 0 bridgehead atoms. The predicted molar refractivity (Wildman–Crippen MR) is 64.5 cm³/mol. The molecule has 1 aromatic rings. The maximum Gasteiger partial charge on any atom is 0.315 e. The molecule has 86 valence electrons. The summed E-state index contributed by atoms with van der Waals surface area (Å²) in [5.74, 6) is 0.518. The van der Waals surface area contributed by atoms with Crippen molar-refractivity contribution in [3.05, 3.63) is 34.9 Å². The van der Waals surface area contributed by atoms with Crippen LogP contribution in [0.4, 0.5) is 4.79 Å². The number of urea groups is 1. The zero-order valence-electron chi connectivity index (χ0n) is 10.0. The van der Waals surface area contributed by atoms with E-state index in [1.165, 1.54) is 16.7 Å². The quantitative estimate of drug-likeness (QED) is 0.786. The van der Waals surface area contributed by atoms with Gasteiger partial charge in [0.15, 0.2) is 0 Å². The number of aryl methyl sites for hydroxylation is 1. The van der Waals surface area contributed by atoms with Crippen LogP contribution in [0.1, 0.15) is 42.5 Å². The third kappa shape index (κ3) is 2.03. The van der Waals surface area contributed by atoms with Crippen molar-refractivity contribution in [1.29, 1.82) is 0 Å². The Morgan fingerprint density at radius 2 is 2.12 bits per heavy atom. The second-order valence-electron chi connectivity index (χ2n) is 4.68. The zero-order chi connectivity index (χ0) is 11.7. The third-order valence-corrected chi connectivity index (χ3v) is 3.12. The lowest BCUT2D eigenvalue weighted by Gasteiger charge is -2.15. The van der Waals surface area contributed by atoms with E-state index in [1.54, 1.807) is 0 Å². The van der Waals surface area contributed by atoms with Crippen molar-refractivity contribution in [3.63, 3.8) is 0 Å². The normalized spacial score (nSPS) is 19.8. The maximum atomic E-state index is 11.1. The lowest BCUT2D eigenvalue weighted by molar-refractivity contribution is 0.247. The van der Waals surface area contributed by atoms with E-state index in [9.17, 15) is 4.79 Å². The number of carbonyl (C=O) groups is 1. The average molecular weight is 218 g/mol. The lowest BCUT2D eigenvalue weighted by atomic mass is 9.94. The highest BCUT2D eigenvalue weighted by atomic mass is 16.2. The van der Waals surface area contributed by atoms with E-state index in [1.807, 2.05) is 0 Å². The average Bonchev–Trinajstić information content (AvgIpc) is 2.65. The van der Waals surface area contributed by atoms with Gasteiger partial charge in [-0.3, -0.25) is 0 Å². The van der Waals surface area contributed by atoms with Gasteiger partial charge in [-0.1, -0.05) is 32.0 Å². The van der Waals surface area contributed by atoms with Gasteiger partial charge in [-0.2, -0.15) is 0 Å². The molecule has 0 radical (unpaired) electrons. The molecule has 3 heteroatoms. The Balaban J connectivity index is 2.32. The summed E-state index contributed by atoms with van der Waals surface area (Å²) >= 11 is 0. The molecule has 0 aliphatic carbocycles. The van der Waals surface area contributed by atoms with Crippen molar-refractivity contribution in [2.75, 3.05) is 6.54 Å². The Hall–Kier alpha value is -1.51. The summed E-state index contributed by atoms with van der Waals surface area (Å²) in [6.07, 6.45) is 0. The minimum atomic E-state index is -0.0700. The van der Waals surface area contributed by atoms with Gasteiger partial charge in [-0.05, 0) is 29.5 Å². The fourth-order valence-corrected chi connectivity index (χ4v) is 2.04. The van der Waals surface area contributed by atoms with Crippen molar-refractivity contribution in [2.45, 2.75) is 32.7 Å². The van der Waals surface area contributed by atoms with Crippen LogP contribution < -0.4 is 10.6 Å². The van der Waals surface area contributed by atoms with E-state index >= 15 is 0 Å². The minimum Gasteiger partial charge on any atom is -0.336 e. The summed E-state index contributed by atoms with van der Waals surface area (Å²) < 4.78 is 0. The molecule has 1 aromatic carbocycles. The van der Waals surface area contributed by atoms with Gasteiger partial charge in [-0.15, -0.1) is 0 Å². The van der Waals surface area contributed by atoms with Gasteiger partial charge in [-0.25, -0.2) is 4.79 Å². The Morgan fingerprint density at radius 1 is 1.38 bits per heavy atom. The van der Waals surface area contributed by atoms with Gasteiger partial charge >= 0.3 is 6.03 Å². The number of hydrogen-bond acceptors (Lipinski definition) is 1. The molecule has 1 aliphatic heterocycles. The molecule has 16 heavy (non-hydrogen) atoms. The SMILES string of the molecule is Cc1ccc(C(C)C)cc1C1CNC(=O)N1. The van der Waals surface area contributed by atoms with Crippen LogP contribution in [0.5, 0.6) is 0 Å². The van der Waals surface area contributed by atoms with Crippen LogP contribution in [0, 0.1) is 6.92 Å². The molecule has 0 aromatic heterocycles. The zero-order valence-corrected chi connectivity index (χ0v) is 10.0. The summed E-state index contributed by atoms with van der Waals surface area (Å²) in [7, 11) is 0. The maximum absolute atomic E-state index is 11.1. The van der Waals surface area contributed by atoms with E-state index in [-0.39, 0.29) is 12.1 Å². The highest BCUT2D eigenvalue weighted by Crippen LogP contribution is 2.24. The molecule has 1 atom stereocenters. The van der Waals surface area contributed by atoms with Crippen LogP contribution in [-0.4, -0.2) is 12.6 Å². The molecule has 1 saturated heterocycles. The summed E-state index contributed by atoms with van der Waals surface area (Å²) in [6.45, 7) is 7.13. The van der Waals surface area contributed by atoms with E-state index in [2.05, 4.69) is 49.6 Å². The molecular formula is C13H18N2O. The number of hydrogen-bond donors (Lipinski definition) is 2. The minimum absolute atomic E-state index is 0.0700. The van der Waals surface area contributed by atoms with Crippen LogP contribution >= 0.6 is 0 Å². The van der Waals surface area contributed by atoms with Gasteiger partial charge < -0.3 is 10.6 Å². The highest BCUT2D eigenvalue weighted by Gasteiger charge is 2.23. The molecule has 3 nitrogen and oxygen atoms in total. The smallest absolute Gasteiger partial charge is 0.315 e. The largest absolute Gasteiger partial charge is 0.336 e. The van der Waals surface area contributed by atoms with Gasteiger partial charge in [0.1, 0.15) is 0 Å². The van der Waals surface area contributed by atoms with Crippen LogP contribution in [0.15, 0.2) is 18.2 Å². The summed E-state index contributed by atoms with van der Waals surface area (Å²) in [4.78, 5) is 11.1. The van der Waals surface area contributed by atoms with Gasteiger partial charge in [0.2, 0.25) is 0 Å². The Morgan fingerprint density at radius 3 is 2.69 bits per heavy atom. The number of rotatable bonds is 2. The molecule has 0 saturated carbocycles. The molecule has 1 fully saturated rings. The lowest BCUT2D eigenvalue weighted by Crippen LogP contribution is -2.22. The molecule has 2 rings (SSSR count). The number of amides is 2. The second kappa shape index (κ2) is 4.16. The highest BCUT2D eigenvalue weighted by molar-refractivity contribution is 5.77. The summed E-state index contributed by atoms with van der Waals surface area (Å²) in [5.41, 5.74) is 3.78. The van der Waals surface area contributed by atoms with E-state index in [0.717, 1.165) is 0 Å². The number of nitrogens with one attached hydrogen (secondary N) is 2. The first-order valence-electron chi connectivity index (χ1n) is 5.72. The third-order valence-electron chi connectivity index (χ3n) is 3.12. The fraction of sp³-hybridized carbons (Fsp3) is 0.462. The van der Waals surface area contributed by atoms with Crippen molar-refractivity contribution < 1.29 is 4.79 Å². The molecule has 2 N–H and O–H groups in total. The standard InChI is InChI=1S/C13H18N2O/c1-8(2)10-5-4-9(3)11(6-10)12-7-14-13(16)15-12/h4-6,8,12H,7H2,1-3H3,(H2,14,15,16). The number of benzene rings is 1. The van der Waals surface area contributed by atoms with Crippen molar-refractivity contribution in [1.82, 2.24) is 10.6 Å². The fourth-order valence-electron chi connectivity index (χ4n) is 2.04. The van der Waals surface area contributed by atoms with Crippen LogP contribution in [0.3, 0.4) is 0 Å². The second-order valence-corrected chi connectivity index (χ2v) is 4.68. The van der Waals surface area contributed by atoms with Crippen LogP contribution in [-0.2, 0) is 0 Å². The molecule has 0 spiro atoms. The summed E-state index contributed by atoms with van der Waals surface area (Å²) in [6, 6.07) is 6.55. The monoisotopic (exact) mass is 218 g/mol.